The summed E-state index contributed by atoms with van der Waals surface area (Å²) in [7, 11) is 0. The zero-order valence-electron chi connectivity index (χ0n) is 11.5. The summed E-state index contributed by atoms with van der Waals surface area (Å²) in [4.78, 5) is 14.7. The van der Waals surface area contributed by atoms with Crippen molar-refractivity contribution in [2.75, 3.05) is 13.1 Å². The Morgan fingerprint density at radius 1 is 0.952 bits per heavy atom. The first-order chi connectivity index (χ1) is 10.1. The van der Waals surface area contributed by atoms with Gasteiger partial charge < -0.3 is 4.90 Å². The molecule has 0 spiro atoms. The molecule has 0 aromatic heterocycles. The molecule has 0 bridgehead atoms. The molecule has 0 atom stereocenters. The van der Waals surface area contributed by atoms with Gasteiger partial charge in [0, 0.05) is 22.0 Å². The molecule has 0 radical (unpaired) electrons. The quantitative estimate of drug-likeness (QED) is 0.682. The Balaban J connectivity index is 1.81. The van der Waals surface area contributed by atoms with Crippen LogP contribution in [0.2, 0.25) is 0 Å². The van der Waals surface area contributed by atoms with E-state index in [1.54, 1.807) is 0 Å². The fourth-order valence-electron chi connectivity index (χ4n) is 2.70. The van der Waals surface area contributed by atoms with E-state index in [9.17, 15) is 4.79 Å². The maximum Gasteiger partial charge on any atom is 0.255 e. The molecular formula is C17H15Br2NO. The van der Waals surface area contributed by atoms with Gasteiger partial charge in [0.2, 0.25) is 0 Å². The van der Waals surface area contributed by atoms with Crippen LogP contribution in [-0.2, 0) is 12.8 Å². The first-order valence-corrected chi connectivity index (χ1v) is 8.55. The predicted molar refractivity (Wildman–Crippen MR) is 91.6 cm³/mol. The molecule has 1 heterocycles. The van der Waals surface area contributed by atoms with Crippen LogP contribution in [0.5, 0.6) is 0 Å². The lowest BCUT2D eigenvalue weighted by atomic mass is 10.0. The average molecular weight is 409 g/mol. The molecule has 2 nitrogen and oxygen atoms in total. The predicted octanol–water partition coefficient (Wildman–Crippen LogP) is 4.45. The number of carbonyl (C=O) groups is 1. The first-order valence-electron chi connectivity index (χ1n) is 6.96. The Morgan fingerprint density at radius 2 is 1.57 bits per heavy atom. The highest BCUT2D eigenvalue weighted by Crippen LogP contribution is 2.24. The lowest BCUT2D eigenvalue weighted by molar-refractivity contribution is 0.0762. The molecular weight excluding hydrogens is 394 g/mol. The Labute approximate surface area is 141 Å². The van der Waals surface area contributed by atoms with Crippen LogP contribution >= 0.6 is 31.9 Å². The van der Waals surface area contributed by atoms with Gasteiger partial charge in [-0.3, -0.25) is 4.79 Å². The Kier molecular flexibility index (Phi) is 4.45. The van der Waals surface area contributed by atoms with Crippen LogP contribution in [0.25, 0.3) is 0 Å². The van der Waals surface area contributed by atoms with Crippen molar-refractivity contribution in [3.05, 3.63) is 68.1 Å². The smallest absolute Gasteiger partial charge is 0.255 e. The molecule has 0 saturated heterocycles. The molecule has 0 N–H and O–H groups in total. The van der Waals surface area contributed by atoms with Crippen LogP contribution in [0.3, 0.4) is 0 Å². The third kappa shape index (κ3) is 3.22. The normalized spacial score (nSPS) is 14.5. The van der Waals surface area contributed by atoms with Gasteiger partial charge in [-0.15, -0.1) is 0 Å². The van der Waals surface area contributed by atoms with Crippen molar-refractivity contribution in [3.8, 4) is 0 Å². The van der Waals surface area contributed by atoms with Crippen molar-refractivity contribution in [2.45, 2.75) is 12.8 Å². The van der Waals surface area contributed by atoms with Gasteiger partial charge in [-0.1, -0.05) is 40.2 Å². The van der Waals surface area contributed by atoms with E-state index in [0.29, 0.717) is 0 Å². The van der Waals surface area contributed by atoms with E-state index < -0.39 is 0 Å². The van der Waals surface area contributed by atoms with Crippen molar-refractivity contribution in [1.29, 1.82) is 0 Å². The van der Waals surface area contributed by atoms with Crippen molar-refractivity contribution in [3.63, 3.8) is 0 Å². The Bertz CT molecular complexity index is 657. The van der Waals surface area contributed by atoms with E-state index >= 15 is 0 Å². The number of amides is 1. The van der Waals surface area contributed by atoms with E-state index in [1.165, 1.54) is 11.1 Å². The molecule has 1 aliphatic heterocycles. The SMILES string of the molecule is O=C(c1ccc(Br)cc1Br)N1CCc2ccccc2CC1. The van der Waals surface area contributed by atoms with Gasteiger partial charge in [-0.05, 0) is 58.1 Å². The first kappa shape index (κ1) is 14.8. The monoisotopic (exact) mass is 407 g/mol. The molecule has 2 aromatic carbocycles. The van der Waals surface area contributed by atoms with Gasteiger partial charge in [0.15, 0.2) is 0 Å². The zero-order chi connectivity index (χ0) is 14.8. The summed E-state index contributed by atoms with van der Waals surface area (Å²) in [5.41, 5.74) is 3.45. The van der Waals surface area contributed by atoms with E-state index in [1.807, 2.05) is 23.1 Å². The van der Waals surface area contributed by atoms with E-state index in [0.717, 1.165) is 40.4 Å². The largest absolute Gasteiger partial charge is 0.338 e. The van der Waals surface area contributed by atoms with Gasteiger partial charge in [-0.25, -0.2) is 0 Å². The summed E-state index contributed by atoms with van der Waals surface area (Å²) in [5, 5.41) is 0. The maximum atomic E-state index is 12.7. The second-order valence-corrected chi connectivity index (χ2v) is 6.96. The number of halogens is 2. The van der Waals surface area contributed by atoms with Gasteiger partial charge in [0.05, 0.1) is 5.56 Å². The van der Waals surface area contributed by atoms with E-state index in [4.69, 9.17) is 0 Å². The number of hydrogen-bond donors (Lipinski definition) is 0. The maximum absolute atomic E-state index is 12.7. The van der Waals surface area contributed by atoms with E-state index in [-0.39, 0.29) is 5.91 Å². The number of benzene rings is 2. The Morgan fingerprint density at radius 3 is 2.14 bits per heavy atom. The third-order valence-corrected chi connectivity index (χ3v) is 5.02. The number of hydrogen-bond acceptors (Lipinski definition) is 1. The van der Waals surface area contributed by atoms with Gasteiger partial charge in [0.1, 0.15) is 0 Å². The summed E-state index contributed by atoms with van der Waals surface area (Å²) < 4.78 is 1.80. The lowest BCUT2D eigenvalue weighted by Crippen LogP contribution is -2.33. The minimum absolute atomic E-state index is 0.0992. The van der Waals surface area contributed by atoms with Crippen LogP contribution < -0.4 is 0 Å². The highest BCUT2D eigenvalue weighted by Gasteiger charge is 2.21. The highest BCUT2D eigenvalue weighted by atomic mass is 79.9. The highest BCUT2D eigenvalue weighted by molar-refractivity contribution is 9.11. The molecule has 1 aliphatic rings. The second kappa shape index (κ2) is 6.32. The molecule has 2 aromatic rings. The molecule has 0 fully saturated rings. The van der Waals surface area contributed by atoms with Crippen LogP contribution in [0.4, 0.5) is 0 Å². The molecule has 3 rings (SSSR count). The van der Waals surface area contributed by atoms with Crippen LogP contribution in [-0.4, -0.2) is 23.9 Å². The van der Waals surface area contributed by atoms with Crippen LogP contribution in [0, 0.1) is 0 Å². The number of carbonyl (C=O) groups excluding carboxylic acids is 1. The van der Waals surface area contributed by atoms with Gasteiger partial charge >= 0.3 is 0 Å². The van der Waals surface area contributed by atoms with Crippen molar-refractivity contribution in [1.82, 2.24) is 4.90 Å². The van der Waals surface area contributed by atoms with Gasteiger partial charge in [-0.2, -0.15) is 0 Å². The Hall–Kier alpha value is -1.13. The summed E-state index contributed by atoms with van der Waals surface area (Å²) in [5.74, 6) is 0.0992. The second-order valence-electron chi connectivity index (χ2n) is 5.19. The summed E-state index contributed by atoms with van der Waals surface area (Å²) >= 11 is 6.90. The molecule has 108 valence electrons. The van der Waals surface area contributed by atoms with E-state index in [2.05, 4.69) is 56.1 Å². The number of fused-ring (bicyclic) bond motifs is 1. The minimum Gasteiger partial charge on any atom is -0.338 e. The molecule has 0 saturated carbocycles. The standard InChI is InChI=1S/C17H15Br2NO/c18-14-5-6-15(16(19)11-14)17(21)20-9-7-12-3-1-2-4-13(12)8-10-20/h1-6,11H,7-10H2. The zero-order valence-corrected chi connectivity index (χ0v) is 14.7. The summed E-state index contributed by atoms with van der Waals surface area (Å²) in [6.07, 6.45) is 1.85. The van der Waals surface area contributed by atoms with Crippen LogP contribution in [0.15, 0.2) is 51.4 Å². The average Bonchev–Trinajstić information content (AvgIpc) is 2.69. The topological polar surface area (TPSA) is 20.3 Å². The molecule has 21 heavy (non-hydrogen) atoms. The lowest BCUT2D eigenvalue weighted by Gasteiger charge is -2.21. The molecule has 4 heteroatoms. The van der Waals surface area contributed by atoms with Crippen molar-refractivity contribution >= 4 is 37.8 Å². The third-order valence-electron chi connectivity index (χ3n) is 3.87. The fraction of sp³-hybridized carbons (Fsp3) is 0.235. The van der Waals surface area contributed by atoms with Gasteiger partial charge in [0.25, 0.3) is 5.91 Å². The number of rotatable bonds is 1. The molecule has 0 aliphatic carbocycles. The summed E-state index contributed by atoms with van der Waals surface area (Å²) in [6.45, 7) is 1.55. The van der Waals surface area contributed by atoms with Crippen molar-refractivity contribution < 1.29 is 4.79 Å². The molecule has 0 unspecified atom stereocenters. The fourth-order valence-corrected chi connectivity index (χ4v) is 3.92. The minimum atomic E-state index is 0.0992. The van der Waals surface area contributed by atoms with Crippen molar-refractivity contribution in [2.24, 2.45) is 0 Å². The summed E-state index contributed by atoms with van der Waals surface area (Å²) in [6, 6.07) is 14.2. The molecule has 1 amide bonds. The van der Waals surface area contributed by atoms with Crippen LogP contribution in [0.1, 0.15) is 21.5 Å². The number of nitrogens with zero attached hydrogens (tertiary/aromatic N) is 1.